The minimum Gasteiger partial charge on any atom is -0.394 e. The van der Waals surface area contributed by atoms with Crippen LogP contribution >= 0.6 is 0 Å². The van der Waals surface area contributed by atoms with Crippen LogP contribution in [0.2, 0.25) is 0 Å². The molecule has 0 aromatic carbocycles. The van der Waals surface area contributed by atoms with Crippen molar-refractivity contribution in [1.29, 1.82) is 0 Å². The molecule has 1 aromatic heterocycles. The van der Waals surface area contributed by atoms with Gasteiger partial charge in [-0.05, 0) is 12.1 Å². The van der Waals surface area contributed by atoms with Gasteiger partial charge in [-0.2, -0.15) is 0 Å². The number of nitrogens with two attached hydrogens (primary N) is 1. The summed E-state index contributed by atoms with van der Waals surface area (Å²) in [6.45, 7) is -0.245. The molecule has 0 saturated carbocycles. The standard InChI is InChI=1S/C10H14N2O4/c11-10(15)6-2-1-3-12(6)9-4-7(14)8(5-13)16-9/h1-3,7-9,13-14H,4-5H2,(H2,11,15)/t7-,8+,9+/m0/s1. The van der Waals surface area contributed by atoms with Crippen LogP contribution in [0, 0.1) is 0 Å². The molecule has 0 bridgehead atoms. The third-order valence-electron chi connectivity index (χ3n) is 2.73. The molecule has 16 heavy (non-hydrogen) atoms. The molecule has 2 rings (SSSR count). The van der Waals surface area contributed by atoms with Crippen molar-refractivity contribution >= 4 is 5.91 Å². The number of carbonyl (C=O) groups is 1. The minimum absolute atomic E-state index is 0.245. The van der Waals surface area contributed by atoms with Crippen LogP contribution in [0.25, 0.3) is 0 Å². The highest BCUT2D eigenvalue weighted by Crippen LogP contribution is 2.29. The summed E-state index contributed by atoms with van der Waals surface area (Å²) < 4.78 is 6.98. The summed E-state index contributed by atoms with van der Waals surface area (Å²) in [7, 11) is 0. The first kappa shape index (κ1) is 11.1. The molecule has 1 amide bonds. The van der Waals surface area contributed by atoms with Crippen molar-refractivity contribution in [3.63, 3.8) is 0 Å². The second kappa shape index (κ2) is 4.25. The van der Waals surface area contributed by atoms with Crippen LogP contribution in [0.4, 0.5) is 0 Å². The number of primary amides is 1. The molecule has 3 atom stereocenters. The molecule has 88 valence electrons. The van der Waals surface area contributed by atoms with E-state index in [9.17, 15) is 9.90 Å². The Balaban J connectivity index is 2.20. The number of ether oxygens (including phenoxy) is 1. The van der Waals surface area contributed by atoms with Crippen molar-refractivity contribution in [3.05, 3.63) is 24.0 Å². The average molecular weight is 226 g/mol. The third-order valence-corrected chi connectivity index (χ3v) is 2.73. The van der Waals surface area contributed by atoms with Gasteiger partial charge in [-0.15, -0.1) is 0 Å². The summed E-state index contributed by atoms with van der Waals surface area (Å²) in [5, 5.41) is 18.5. The number of amides is 1. The zero-order valence-corrected chi connectivity index (χ0v) is 8.61. The zero-order valence-electron chi connectivity index (χ0n) is 8.61. The number of nitrogens with zero attached hydrogens (tertiary/aromatic N) is 1. The Labute approximate surface area is 92.2 Å². The lowest BCUT2D eigenvalue weighted by molar-refractivity contribution is -0.0447. The van der Waals surface area contributed by atoms with Crippen molar-refractivity contribution in [3.8, 4) is 0 Å². The number of hydrogen-bond acceptors (Lipinski definition) is 4. The largest absolute Gasteiger partial charge is 0.394 e. The topological polar surface area (TPSA) is 97.7 Å². The first-order valence-electron chi connectivity index (χ1n) is 5.04. The quantitative estimate of drug-likeness (QED) is 0.630. The molecule has 6 heteroatoms. The Hall–Kier alpha value is -1.37. The highest BCUT2D eigenvalue weighted by atomic mass is 16.5. The van der Waals surface area contributed by atoms with Gasteiger partial charge in [-0.25, -0.2) is 0 Å². The predicted molar refractivity (Wildman–Crippen MR) is 54.6 cm³/mol. The summed E-state index contributed by atoms with van der Waals surface area (Å²) in [6, 6.07) is 3.27. The maximum absolute atomic E-state index is 11.1. The van der Waals surface area contributed by atoms with E-state index in [1.54, 1.807) is 22.9 Å². The van der Waals surface area contributed by atoms with Crippen molar-refractivity contribution in [1.82, 2.24) is 4.57 Å². The van der Waals surface area contributed by atoms with Gasteiger partial charge in [0.15, 0.2) is 0 Å². The van der Waals surface area contributed by atoms with E-state index in [2.05, 4.69) is 0 Å². The molecule has 1 fully saturated rings. The van der Waals surface area contributed by atoms with E-state index in [4.69, 9.17) is 15.6 Å². The predicted octanol–water partition coefficient (Wildman–Crippen LogP) is -0.772. The van der Waals surface area contributed by atoms with Crippen LogP contribution in [0.1, 0.15) is 23.1 Å². The number of rotatable bonds is 3. The second-order valence-corrected chi connectivity index (χ2v) is 3.78. The molecule has 0 radical (unpaired) electrons. The highest BCUT2D eigenvalue weighted by molar-refractivity contribution is 5.91. The molecule has 1 aliphatic heterocycles. The van der Waals surface area contributed by atoms with E-state index in [0.717, 1.165) is 0 Å². The summed E-state index contributed by atoms with van der Waals surface area (Å²) in [4.78, 5) is 11.1. The molecule has 1 aliphatic rings. The lowest BCUT2D eigenvalue weighted by Gasteiger charge is -2.15. The van der Waals surface area contributed by atoms with Gasteiger partial charge < -0.3 is 25.3 Å². The first-order valence-corrected chi connectivity index (χ1v) is 5.04. The van der Waals surface area contributed by atoms with E-state index in [0.29, 0.717) is 12.1 Å². The monoisotopic (exact) mass is 226 g/mol. The molecule has 0 spiro atoms. The van der Waals surface area contributed by atoms with E-state index >= 15 is 0 Å². The van der Waals surface area contributed by atoms with E-state index in [1.807, 2.05) is 0 Å². The number of hydrogen-bond donors (Lipinski definition) is 3. The van der Waals surface area contributed by atoms with Crippen LogP contribution in [-0.2, 0) is 4.74 Å². The fourth-order valence-electron chi connectivity index (χ4n) is 1.90. The van der Waals surface area contributed by atoms with Crippen LogP contribution in [0.5, 0.6) is 0 Å². The lowest BCUT2D eigenvalue weighted by Crippen LogP contribution is -2.24. The molecule has 0 unspecified atom stereocenters. The molecular formula is C10H14N2O4. The Kier molecular flexibility index (Phi) is 2.95. The molecular weight excluding hydrogens is 212 g/mol. The fourth-order valence-corrected chi connectivity index (χ4v) is 1.90. The Morgan fingerprint density at radius 1 is 1.69 bits per heavy atom. The van der Waals surface area contributed by atoms with E-state index in [1.165, 1.54) is 0 Å². The van der Waals surface area contributed by atoms with Crippen LogP contribution in [-0.4, -0.2) is 39.5 Å². The maximum Gasteiger partial charge on any atom is 0.265 e. The van der Waals surface area contributed by atoms with Crippen LogP contribution < -0.4 is 5.73 Å². The molecule has 4 N–H and O–H groups in total. The van der Waals surface area contributed by atoms with Gasteiger partial charge in [0.1, 0.15) is 18.0 Å². The lowest BCUT2D eigenvalue weighted by atomic mass is 10.2. The summed E-state index contributed by atoms with van der Waals surface area (Å²) >= 11 is 0. The van der Waals surface area contributed by atoms with Crippen LogP contribution in [0.3, 0.4) is 0 Å². The van der Waals surface area contributed by atoms with E-state index < -0.39 is 24.3 Å². The number of aliphatic hydroxyl groups excluding tert-OH is 2. The van der Waals surface area contributed by atoms with Gasteiger partial charge in [0.2, 0.25) is 0 Å². The van der Waals surface area contributed by atoms with E-state index in [-0.39, 0.29) is 6.61 Å². The van der Waals surface area contributed by atoms with Gasteiger partial charge in [-0.1, -0.05) is 0 Å². The molecule has 1 saturated heterocycles. The summed E-state index contributed by atoms with van der Waals surface area (Å²) in [5.41, 5.74) is 5.53. The van der Waals surface area contributed by atoms with Gasteiger partial charge in [0.25, 0.3) is 5.91 Å². The Morgan fingerprint density at radius 2 is 2.44 bits per heavy atom. The SMILES string of the molecule is NC(=O)c1cccn1[C@H]1C[C@H](O)[C@@H](CO)O1. The van der Waals surface area contributed by atoms with Gasteiger partial charge in [-0.3, -0.25) is 4.79 Å². The smallest absolute Gasteiger partial charge is 0.265 e. The van der Waals surface area contributed by atoms with Crippen molar-refractivity contribution in [2.75, 3.05) is 6.61 Å². The molecule has 0 aliphatic carbocycles. The Morgan fingerprint density at radius 3 is 3.00 bits per heavy atom. The second-order valence-electron chi connectivity index (χ2n) is 3.78. The summed E-state index contributed by atoms with van der Waals surface area (Å²) in [6.07, 6.45) is 0.216. The van der Waals surface area contributed by atoms with Gasteiger partial charge in [0.05, 0.1) is 12.7 Å². The van der Waals surface area contributed by atoms with Crippen molar-refractivity contribution in [2.45, 2.75) is 24.9 Å². The first-order chi connectivity index (χ1) is 7.63. The molecule has 1 aromatic rings. The van der Waals surface area contributed by atoms with Crippen molar-refractivity contribution < 1.29 is 19.7 Å². The molecule has 2 heterocycles. The normalized spacial score (nSPS) is 29.5. The highest BCUT2D eigenvalue weighted by Gasteiger charge is 2.35. The van der Waals surface area contributed by atoms with Crippen molar-refractivity contribution in [2.24, 2.45) is 5.73 Å². The third kappa shape index (κ3) is 1.82. The Bertz CT molecular complexity index is 390. The number of aliphatic hydroxyl groups is 2. The van der Waals surface area contributed by atoms with Gasteiger partial charge in [0, 0.05) is 12.6 Å². The molecule has 6 nitrogen and oxygen atoms in total. The average Bonchev–Trinajstić information content (AvgIpc) is 2.82. The number of carbonyl (C=O) groups excluding carboxylic acids is 1. The zero-order chi connectivity index (χ0) is 11.7. The van der Waals surface area contributed by atoms with Gasteiger partial charge >= 0.3 is 0 Å². The maximum atomic E-state index is 11.1. The van der Waals surface area contributed by atoms with Crippen LogP contribution in [0.15, 0.2) is 18.3 Å². The fraction of sp³-hybridized carbons (Fsp3) is 0.500. The number of aromatic nitrogens is 1. The minimum atomic E-state index is -0.724. The summed E-state index contributed by atoms with van der Waals surface area (Å²) in [5.74, 6) is -0.546.